The van der Waals surface area contributed by atoms with E-state index in [2.05, 4.69) is 23.9 Å². The highest BCUT2D eigenvalue weighted by Crippen LogP contribution is 2.18. The summed E-state index contributed by atoms with van der Waals surface area (Å²) in [5.41, 5.74) is 0. The van der Waals surface area contributed by atoms with E-state index >= 15 is 0 Å². The Hall–Kier alpha value is -0.770. The number of halogens is 1. The van der Waals surface area contributed by atoms with Crippen molar-refractivity contribution in [3.8, 4) is 5.75 Å². The summed E-state index contributed by atoms with van der Waals surface area (Å²) in [6, 6.07) is 7.57. The van der Waals surface area contributed by atoms with Crippen LogP contribution < -0.4 is 4.74 Å². The van der Waals surface area contributed by atoms with Crippen LogP contribution in [0.15, 0.2) is 24.3 Å². The number of hydrogen-bond donors (Lipinski definition) is 0. The molecular weight excluding hydrogens is 272 g/mol. The summed E-state index contributed by atoms with van der Waals surface area (Å²) in [4.78, 5) is 4.80. The van der Waals surface area contributed by atoms with Gasteiger partial charge in [0.15, 0.2) is 0 Å². The molecule has 1 fully saturated rings. The first kappa shape index (κ1) is 15.6. The van der Waals surface area contributed by atoms with Gasteiger partial charge in [0.1, 0.15) is 12.4 Å². The molecule has 1 aliphatic rings. The fourth-order valence-electron chi connectivity index (χ4n) is 2.73. The van der Waals surface area contributed by atoms with E-state index in [1.165, 1.54) is 32.5 Å². The van der Waals surface area contributed by atoms with Crippen molar-refractivity contribution in [2.45, 2.75) is 12.8 Å². The van der Waals surface area contributed by atoms with Crippen LogP contribution in [0.4, 0.5) is 0 Å². The fraction of sp³-hybridized carbons (Fsp3) is 0.625. The lowest BCUT2D eigenvalue weighted by molar-refractivity contribution is 0.141. The molecule has 1 aromatic carbocycles. The molecular formula is C16H25ClN2O. The van der Waals surface area contributed by atoms with E-state index in [0.717, 1.165) is 29.8 Å². The van der Waals surface area contributed by atoms with E-state index in [0.29, 0.717) is 0 Å². The number of rotatable bonds is 6. The van der Waals surface area contributed by atoms with Gasteiger partial charge in [-0.3, -0.25) is 4.90 Å². The van der Waals surface area contributed by atoms with Crippen LogP contribution in [0.25, 0.3) is 0 Å². The molecule has 0 bridgehead atoms. The van der Waals surface area contributed by atoms with Crippen molar-refractivity contribution < 1.29 is 4.74 Å². The monoisotopic (exact) mass is 296 g/mol. The van der Waals surface area contributed by atoms with E-state index in [-0.39, 0.29) is 0 Å². The Labute approximate surface area is 127 Å². The average Bonchev–Trinajstić information content (AvgIpc) is 2.42. The summed E-state index contributed by atoms with van der Waals surface area (Å²) in [6.45, 7) is 5.37. The van der Waals surface area contributed by atoms with Crippen LogP contribution in [-0.4, -0.2) is 56.7 Å². The second-order valence-corrected chi connectivity index (χ2v) is 6.29. The lowest BCUT2D eigenvalue weighted by Crippen LogP contribution is -2.39. The van der Waals surface area contributed by atoms with Crippen molar-refractivity contribution in [2.75, 3.05) is 46.9 Å². The highest BCUT2D eigenvalue weighted by atomic mass is 35.5. The molecule has 1 saturated heterocycles. The van der Waals surface area contributed by atoms with E-state index in [4.69, 9.17) is 16.3 Å². The van der Waals surface area contributed by atoms with Gasteiger partial charge >= 0.3 is 0 Å². The predicted octanol–water partition coefficient (Wildman–Crippen LogP) is 2.99. The zero-order valence-corrected chi connectivity index (χ0v) is 13.3. The molecule has 0 radical (unpaired) electrons. The highest BCUT2D eigenvalue weighted by molar-refractivity contribution is 6.30. The molecule has 0 aliphatic carbocycles. The van der Waals surface area contributed by atoms with Crippen molar-refractivity contribution in [1.29, 1.82) is 0 Å². The molecule has 4 heteroatoms. The molecule has 20 heavy (non-hydrogen) atoms. The highest BCUT2D eigenvalue weighted by Gasteiger charge is 2.19. The smallest absolute Gasteiger partial charge is 0.119 e. The number of nitrogens with zero attached hydrogens (tertiary/aromatic N) is 2. The summed E-state index contributed by atoms with van der Waals surface area (Å²) >= 11 is 5.85. The maximum atomic E-state index is 5.85. The number of piperidine rings is 1. The third kappa shape index (κ3) is 5.31. The Balaban J connectivity index is 1.62. The van der Waals surface area contributed by atoms with Gasteiger partial charge in [-0.25, -0.2) is 0 Å². The third-order valence-corrected chi connectivity index (χ3v) is 4.07. The number of benzene rings is 1. The van der Waals surface area contributed by atoms with Crippen LogP contribution in [0, 0.1) is 5.92 Å². The van der Waals surface area contributed by atoms with E-state index in [1.807, 2.05) is 24.3 Å². The lowest BCUT2D eigenvalue weighted by Gasteiger charge is -2.33. The summed E-state index contributed by atoms with van der Waals surface area (Å²) in [5, 5.41) is 0.750. The van der Waals surface area contributed by atoms with Gasteiger partial charge in [-0.2, -0.15) is 0 Å². The molecule has 0 aromatic heterocycles. The number of hydrogen-bond acceptors (Lipinski definition) is 3. The topological polar surface area (TPSA) is 15.7 Å². The van der Waals surface area contributed by atoms with Crippen LogP contribution in [-0.2, 0) is 0 Å². The van der Waals surface area contributed by atoms with Crippen LogP contribution >= 0.6 is 11.6 Å². The van der Waals surface area contributed by atoms with Gasteiger partial charge in [0.25, 0.3) is 0 Å². The van der Waals surface area contributed by atoms with Gasteiger partial charge in [-0.15, -0.1) is 0 Å². The summed E-state index contributed by atoms with van der Waals surface area (Å²) in [5.74, 6) is 1.76. The molecule has 0 amide bonds. The van der Waals surface area contributed by atoms with Gasteiger partial charge in [0.2, 0.25) is 0 Å². The van der Waals surface area contributed by atoms with Gasteiger partial charge in [-0.1, -0.05) is 11.6 Å². The van der Waals surface area contributed by atoms with Crippen LogP contribution in [0.1, 0.15) is 12.8 Å². The predicted molar refractivity (Wildman–Crippen MR) is 84.7 cm³/mol. The summed E-state index contributed by atoms with van der Waals surface area (Å²) in [7, 11) is 4.32. The van der Waals surface area contributed by atoms with E-state index < -0.39 is 0 Å². The molecule has 1 heterocycles. The van der Waals surface area contributed by atoms with Crippen molar-refractivity contribution in [1.82, 2.24) is 9.80 Å². The first-order valence-corrected chi connectivity index (χ1v) is 7.77. The molecule has 3 nitrogen and oxygen atoms in total. The zero-order chi connectivity index (χ0) is 14.4. The Morgan fingerprint density at radius 1 is 1.20 bits per heavy atom. The fourth-order valence-corrected chi connectivity index (χ4v) is 2.86. The molecule has 0 saturated carbocycles. The molecule has 0 N–H and O–H groups in total. The van der Waals surface area contributed by atoms with E-state index in [9.17, 15) is 0 Å². The van der Waals surface area contributed by atoms with Crippen LogP contribution in [0.3, 0.4) is 0 Å². The van der Waals surface area contributed by atoms with Crippen molar-refractivity contribution in [3.63, 3.8) is 0 Å². The minimum Gasteiger partial charge on any atom is -0.492 e. The van der Waals surface area contributed by atoms with Crippen LogP contribution in [0.5, 0.6) is 5.75 Å². The third-order valence-electron chi connectivity index (χ3n) is 3.82. The van der Waals surface area contributed by atoms with Gasteiger partial charge in [0, 0.05) is 18.1 Å². The molecule has 2 rings (SSSR count). The molecule has 112 valence electrons. The maximum Gasteiger partial charge on any atom is 0.119 e. The Kier molecular flexibility index (Phi) is 6.14. The molecule has 1 aliphatic heterocycles. The Morgan fingerprint density at radius 2 is 1.85 bits per heavy atom. The SMILES string of the molecule is CN(C)CC1CCN(CCOc2ccc(Cl)cc2)CC1. The van der Waals surface area contributed by atoms with Crippen LogP contribution in [0.2, 0.25) is 5.02 Å². The Morgan fingerprint density at radius 3 is 2.45 bits per heavy atom. The minimum atomic E-state index is 0.750. The number of ether oxygens (including phenoxy) is 1. The summed E-state index contributed by atoms with van der Waals surface area (Å²) in [6.07, 6.45) is 2.61. The molecule has 0 spiro atoms. The van der Waals surface area contributed by atoms with Gasteiger partial charge in [-0.05, 0) is 70.2 Å². The van der Waals surface area contributed by atoms with Gasteiger partial charge in [0.05, 0.1) is 0 Å². The average molecular weight is 297 g/mol. The quantitative estimate of drug-likeness (QED) is 0.803. The minimum absolute atomic E-state index is 0.750. The molecule has 1 aromatic rings. The second kappa shape index (κ2) is 7.87. The van der Waals surface area contributed by atoms with Crippen molar-refractivity contribution >= 4 is 11.6 Å². The molecule has 0 atom stereocenters. The Bertz CT molecular complexity index is 386. The lowest BCUT2D eigenvalue weighted by atomic mass is 9.96. The van der Waals surface area contributed by atoms with Crippen molar-refractivity contribution in [3.05, 3.63) is 29.3 Å². The van der Waals surface area contributed by atoms with Gasteiger partial charge < -0.3 is 9.64 Å². The standard InChI is InChI=1S/C16H25ClN2O/c1-18(2)13-14-7-9-19(10-8-14)11-12-20-16-5-3-15(17)4-6-16/h3-6,14H,7-13H2,1-2H3. The summed E-state index contributed by atoms with van der Waals surface area (Å²) < 4.78 is 5.75. The first-order valence-electron chi connectivity index (χ1n) is 7.39. The number of likely N-dealkylation sites (tertiary alicyclic amines) is 1. The maximum absolute atomic E-state index is 5.85. The van der Waals surface area contributed by atoms with E-state index in [1.54, 1.807) is 0 Å². The molecule has 0 unspecified atom stereocenters. The first-order chi connectivity index (χ1) is 9.63. The zero-order valence-electron chi connectivity index (χ0n) is 12.5. The van der Waals surface area contributed by atoms with Crippen molar-refractivity contribution in [2.24, 2.45) is 5.92 Å². The second-order valence-electron chi connectivity index (χ2n) is 5.85. The normalized spacial score (nSPS) is 17.6. The largest absolute Gasteiger partial charge is 0.492 e.